The van der Waals surface area contributed by atoms with Gasteiger partial charge in [0.15, 0.2) is 11.5 Å². The van der Waals surface area contributed by atoms with Crippen LogP contribution in [0.1, 0.15) is 17.2 Å². The number of para-hydroxylation sites is 2. The minimum absolute atomic E-state index is 0.246. The van der Waals surface area contributed by atoms with Crippen molar-refractivity contribution in [1.29, 1.82) is 0 Å². The lowest BCUT2D eigenvalue weighted by Crippen LogP contribution is -2.29. The van der Waals surface area contributed by atoms with Gasteiger partial charge in [-0.1, -0.05) is 48.5 Å². The molecule has 0 spiro atoms. The van der Waals surface area contributed by atoms with E-state index in [1.54, 1.807) is 25.3 Å². The first-order valence-electron chi connectivity index (χ1n) is 11.5. The molecular weight excluding hydrogens is 482 g/mol. The zero-order chi connectivity index (χ0) is 26.0. The minimum atomic E-state index is -3.78. The van der Waals surface area contributed by atoms with E-state index in [4.69, 9.17) is 14.2 Å². The Balaban J connectivity index is 1.62. The summed E-state index contributed by atoms with van der Waals surface area (Å²) < 4.78 is 45.4. The molecule has 3 rings (SSSR count). The summed E-state index contributed by atoms with van der Waals surface area (Å²) in [5.74, 6) is 1.66. The lowest BCUT2D eigenvalue weighted by molar-refractivity contribution is 0.171. The Morgan fingerprint density at radius 2 is 1.61 bits per heavy atom. The van der Waals surface area contributed by atoms with Gasteiger partial charge in [0.25, 0.3) is 0 Å². The van der Waals surface area contributed by atoms with Crippen LogP contribution in [0.5, 0.6) is 17.2 Å². The van der Waals surface area contributed by atoms with Crippen LogP contribution in [0.4, 0.5) is 5.69 Å². The Hall–Kier alpha value is -3.31. The average molecular weight is 516 g/mol. The summed E-state index contributed by atoms with van der Waals surface area (Å²) in [4.78, 5) is 0. The molecule has 0 aromatic heterocycles. The van der Waals surface area contributed by atoms with E-state index in [0.717, 1.165) is 9.87 Å². The van der Waals surface area contributed by atoms with Crippen LogP contribution < -0.4 is 24.2 Å². The van der Waals surface area contributed by atoms with Crippen LogP contribution in [-0.4, -0.2) is 58.7 Å². The number of nitrogens with zero attached hydrogens (tertiary/aromatic N) is 1. The number of aliphatic hydroxyl groups is 1. The molecule has 10 heteroatoms. The van der Waals surface area contributed by atoms with E-state index in [0.29, 0.717) is 36.0 Å². The van der Waals surface area contributed by atoms with E-state index < -0.39 is 16.3 Å². The molecule has 0 fully saturated rings. The molecule has 1 atom stereocenters. The van der Waals surface area contributed by atoms with Gasteiger partial charge in [-0.2, -0.15) is 12.7 Å². The number of ether oxygens (including phenoxy) is 3. The van der Waals surface area contributed by atoms with Gasteiger partial charge in [0.1, 0.15) is 19.0 Å². The van der Waals surface area contributed by atoms with E-state index in [-0.39, 0.29) is 18.8 Å². The number of hydrogen-bond acceptors (Lipinski definition) is 7. The topological polar surface area (TPSA) is 109 Å². The van der Waals surface area contributed by atoms with Crippen molar-refractivity contribution in [2.24, 2.45) is 0 Å². The number of aliphatic hydroxyl groups excluding tert-OH is 1. The van der Waals surface area contributed by atoms with Gasteiger partial charge in [0, 0.05) is 27.2 Å². The first-order chi connectivity index (χ1) is 17.3. The molecule has 0 aliphatic rings. The maximum atomic E-state index is 12.5. The van der Waals surface area contributed by atoms with Crippen molar-refractivity contribution in [3.8, 4) is 17.2 Å². The third-order valence-electron chi connectivity index (χ3n) is 5.29. The average Bonchev–Trinajstić information content (AvgIpc) is 2.88. The molecular formula is C26H33N3O6S. The van der Waals surface area contributed by atoms with Gasteiger partial charge in [-0.05, 0) is 35.4 Å². The van der Waals surface area contributed by atoms with Crippen LogP contribution in [0, 0.1) is 0 Å². The summed E-state index contributed by atoms with van der Waals surface area (Å²) in [6, 6.07) is 21.9. The van der Waals surface area contributed by atoms with Crippen molar-refractivity contribution in [1.82, 2.24) is 9.62 Å². The number of hydrogen-bond donors (Lipinski definition) is 3. The largest absolute Gasteiger partial charge is 0.493 e. The number of rotatable bonds is 14. The Kier molecular flexibility index (Phi) is 9.95. The molecule has 0 saturated carbocycles. The summed E-state index contributed by atoms with van der Waals surface area (Å²) >= 11 is 0. The fourth-order valence-electron chi connectivity index (χ4n) is 3.25. The van der Waals surface area contributed by atoms with Gasteiger partial charge < -0.3 is 24.6 Å². The van der Waals surface area contributed by atoms with Crippen LogP contribution >= 0.6 is 0 Å². The van der Waals surface area contributed by atoms with Crippen LogP contribution in [-0.2, 0) is 16.8 Å². The molecule has 0 saturated heterocycles. The van der Waals surface area contributed by atoms with Crippen molar-refractivity contribution in [3.05, 3.63) is 83.9 Å². The normalized spacial score (nSPS) is 12.2. The van der Waals surface area contributed by atoms with Gasteiger partial charge in [-0.25, -0.2) is 0 Å². The quantitative estimate of drug-likeness (QED) is 0.283. The molecule has 0 amide bonds. The lowest BCUT2D eigenvalue weighted by atomic mass is 10.1. The molecule has 3 aromatic carbocycles. The molecule has 0 aliphatic carbocycles. The molecule has 194 valence electrons. The van der Waals surface area contributed by atoms with Crippen molar-refractivity contribution in [3.63, 3.8) is 0 Å². The molecule has 0 bridgehead atoms. The number of nitrogens with one attached hydrogen (secondary N) is 2. The third kappa shape index (κ3) is 7.85. The van der Waals surface area contributed by atoms with Crippen LogP contribution in [0.25, 0.3) is 0 Å². The number of methoxy groups -OCH3 is 1. The molecule has 36 heavy (non-hydrogen) atoms. The van der Waals surface area contributed by atoms with Crippen molar-refractivity contribution in [2.45, 2.75) is 12.7 Å². The summed E-state index contributed by atoms with van der Waals surface area (Å²) in [5.41, 5.74) is 1.73. The SMILES string of the molecule is COc1ccccc1OCCNCC(O)c1ccc(OCc2ccccc2)c(NS(=O)(=O)N(C)C)c1. The molecule has 1 unspecified atom stereocenters. The highest BCUT2D eigenvalue weighted by atomic mass is 32.2. The highest BCUT2D eigenvalue weighted by Gasteiger charge is 2.18. The van der Waals surface area contributed by atoms with Crippen LogP contribution in [0.15, 0.2) is 72.8 Å². The van der Waals surface area contributed by atoms with E-state index in [9.17, 15) is 13.5 Å². The maximum Gasteiger partial charge on any atom is 0.301 e. The zero-order valence-corrected chi connectivity index (χ0v) is 21.5. The minimum Gasteiger partial charge on any atom is -0.493 e. The number of benzene rings is 3. The summed E-state index contributed by atoms with van der Waals surface area (Å²) in [6.45, 7) is 1.40. The first-order valence-corrected chi connectivity index (χ1v) is 12.9. The van der Waals surface area contributed by atoms with Gasteiger partial charge in [0.05, 0.1) is 18.9 Å². The molecule has 0 heterocycles. The summed E-state index contributed by atoms with van der Waals surface area (Å²) in [7, 11) is 0.675. The fraction of sp³-hybridized carbons (Fsp3) is 0.308. The number of anilines is 1. The predicted octanol–water partition coefficient (Wildman–Crippen LogP) is 3.19. The summed E-state index contributed by atoms with van der Waals surface area (Å²) in [5, 5.41) is 13.8. The van der Waals surface area contributed by atoms with Crippen molar-refractivity contribution in [2.75, 3.05) is 45.6 Å². The molecule has 0 radical (unpaired) electrons. The Labute approximate surface area is 212 Å². The Morgan fingerprint density at radius 1 is 0.917 bits per heavy atom. The van der Waals surface area contributed by atoms with E-state index in [1.165, 1.54) is 14.1 Å². The van der Waals surface area contributed by atoms with E-state index in [2.05, 4.69) is 10.0 Å². The van der Waals surface area contributed by atoms with Gasteiger partial charge in [0.2, 0.25) is 0 Å². The van der Waals surface area contributed by atoms with Crippen molar-refractivity contribution >= 4 is 15.9 Å². The lowest BCUT2D eigenvalue weighted by Gasteiger charge is -2.19. The smallest absolute Gasteiger partial charge is 0.301 e. The molecule has 9 nitrogen and oxygen atoms in total. The predicted molar refractivity (Wildman–Crippen MR) is 140 cm³/mol. The molecule has 0 aliphatic heterocycles. The third-order valence-corrected chi connectivity index (χ3v) is 6.73. The second kappa shape index (κ2) is 13.1. The maximum absolute atomic E-state index is 12.5. The van der Waals surface area contributed by atoms with Gasteiger partial charge in [-0.3, -0.25) is 4.72 Å². The second-order valence-electron chi connectivity index (χ2n) is 8.14. The molecule has 3 aromatic rings. The van der Waals surface area contributed by atoms with Gasteiger partial charge in [-0.15, -0.1) is 0 Å². The van der Waals surface area contributed by atoms with Crippen LogP contribution in [0.3, 0.4) is 0 Å². The highest BCUT2D eigenvalue weighted by Crippen LogP contribution is 2.30. The first kappa shape index (κ1) is 27.3. The van der Waals surface area contributed by atoms with Gasteiger partial charge >= 0.3 is 10.2 Å². The van der Waals surface area contributed by atoms with E-state index >= 15 is 0 Å². The second-order valence-corrected chi connectivity index (χ2v) is 10.0. The van der Waals surface area contributed by atoms with E-state index in [1.807, 2.05) is 54.6 Å². The fourth-order valence-corrected chi connectivity index (χ4v) is 3.87. The van der Waals surface area contributed by atoms with Crippen LogP contribution in [0.2, 0.25) is 0 Å². The standard InChI is InChI=1S/C26H33N3O6S/c1-29(2)36(31,32)28-22-17-21(13-14-24(22)35-19-20-9-5-4-6-10-20)23(30)18-27-15-16-34-26-12-8-7-11-25(26)33-3/h4-14,17,23,27-28,30H,15-16,18-19H2,1-3H3. The Morgan fingerprint density at radius 3 is 2.31 bits per heavy atom. The summed E-state index contributed by atoms with van der Waals surface area (Å²) in [6.07, 6.45) is -0.873. The van der Waals surface area contributed by atoms with Crippen molar-refractivity contribution < 1.29 is 27.7 Å². The monoisotopic (exact) mass is 515 g/mol. The zero-order valence-electron chi connectivity index (χ0n) is 20.7. The Bertz CT molecular complexity index is 1210. The highest BCUT2D eigenvalue weighted by molar-refractivity contribution is 7.90. The molecule has 3 N–H and O–H groups in total.